The SMILES string of the molecule is C=C(CC(F)(F)C(F)(F)C(F)(F)C(F)(F)C(F)(F)C(F)F)C(=O)O.C=CC(=O)O. The lowest BCUT2D eigenvalue weighted by Gasteiger charge is -2.39. The van der Waals surface area contributed by atoms with Gasteiger partial charge in [0.1, 0.15) is 0 Å². The average molecular weight is 458 g/mol. The average Bonchev–Trinajstić information content (AvgIpc) is 2.53. The summed E-state index contributed by atoms with van der Waals surface area (Å²) >= 11 is 0. The first-order chi connectivity index (χ1) is 12.5. The molecule has 0 bridgehead atoms. The van der Waals surface area contributed by atoms with Crippen LogP contribution < -0.4 is 0 Å². The molecule has 0 unspecified atom stereocenters. The van der Waals surface area contributed by atoms with E-state index in [1.54, 1.807) is 0 Å². The van der Waals surface area contributed by atoms with E-state index >= 15 is 0 Å². The quantitative estimate of drug-likeness (QED) is 0.388. The topological polar surface area (TPSA) is 74.6 Å². The molecule has 0 fully saturated rings. The maximum absolute atomic E-state index is 13.1. The zero-order valence-corrected chi connectivity index (χ0v) is 13.5. The lowest BCUT2D eigenvalue weighted by atomic mass is 9.91. The second kappa shape index (κ2) is 8.94. The normalized spacial score (nSPS) is 13.4. The second-order valence-corrected chi connectivity index (χ2v) is 4.98. The van der Waals surface area contributed by atoms with Crippen LogP contribution in [0.1, 0.15) is 6.42 Å². The van der Waals surface area contributed by atoms with Gasteiger partial charge < -0.3 is 10.2 Å². The summed E-state index contributed by atoms with van der Waals surface area (Å²) < 4.78 is 153. The molecule has 0 saturated carbocycles. The van der Waals surface area contributed by atoms with Gasteiger partial charge in [-0.1, -0.05) is 13.2 Å². The fourth-order valence-corrected chi connectivity index (χ4v) is 1.23. The van der Waals surface area contributed by atoms with Crippen LogP contribution >= 0.6 is 0 Å². The fraction of sp³-hybridized carbons (Fsp3) is 0.538. The Morgan fingerprint density at radius 3 is 1.41 bits per heavy atom. The van der Waals surface area contributed by atoms with Crippen molar-refractivity contribution in [2.45, 2.75) is 42.5 Å². The molecule has 0 rings (SSSR count). The Bertz CT molecular complexity index is 642. The van der Waals surface area contributed by atoms with E-state index in [4.69, 9.17) is 10.2 Å². The maximum atomic E-state index is 13.1. The standard InChI is InChI=1S/C10H6F12O2.C3H4O2/c1-3(4(23)24)2-6(13,14)8(17,18)10(21,22)9(19,20)7(15,16)5(11)12;1-2-3(4)5/h5H,1-2H2,(H,23,24);2H,1H2,(H,4,5). The number of carboxylic acids is 2. The molecule has 0 aliphatic heterocycles. The minimum Gasteiger partial charge on any atom is -0.478 e. The second-order valence-electron chi connectivity index (χ2n) is 4.98. The molecule has 0 spiro atoms. The van der Waals surface area contributed by atoms with Crippen molar-refractivity contribution in [3.63, 3.8) is 0 Å². The summed E-state index contributed by atoms with van der Waals surface area (Å²) in [5.74, 6) is -39.4. The number of hydrogen-bond acceptors (Lipinski definition) is 2. The highest BCUT2D eigenvalue weighted by molar-refractivity contribution is 5.85. The molecule has 0 aliphatic rings. The van der Waals surface area contributed by atoms with Crippen molar-refractivity contribution >= 4 is 11.9 Å². The summed E-state index contributed by atoms with van der Waals surface area (Å²) in [5.41, 5.74) is -1.85. The summed E-state index contributed by atoms with van der Waals surface area (Å²) in [6, 6.07) is 0. The molecule has 0 aromatic heterocycles. The Morgan fingerprint density at radius 2 is 1.17 bits per heavy atom. The van der Waals surface area contributed by atoms with Gasteiger partial charge in [-0.25, -0.2) is 18.4 Å². The van der Waals surface area contributed by atoms with Crippen LogP contribution in [-0.4, -0.2) is 58.2 Å². The highest BCUT2D eigenvalue weighted by Gasteiger charge is 2.87. The van der Waals surface area contributed by atoms with Gasteiger partial charge in [-0.15, -0.1) is 0 Å². The Morgan fingerprint density at radius 1 is 0.828 bits per heavy atom. The van der Waals surface area contributed by atoms with Gasteiger partial charge in [0.05, 0.1) is 0 Å². The summed E-state index contributed by atoms with van der Waals surface area (Å²) in [5, 5.41) is 15.7. The fourth-order valence-electron chi connectivity index (χ4n) is 1.23. The molecular formula is C13H10F12O4. The molecule has 0 aromatic rings. The van der Waals surface area contributed by atoms with E-state index < -0.39 is 60.0 Å². The summed E-state index contributed by atoms with van der Waals surface area (Å²) in [7, 11) is 0. The van der Waals surface area contributed by atoms with Crippen LogP contribution in [0.4, 0.5) is 52.7 Å². The number of carboxylic acid groups (broad SMARTS) is 2. The molecule has 16 heteroatoms. The van der Waals surface area contributed by atoms with Crippen LogP contribution in [0, 0.1) is 0 Å². The van der Waals surface area contributed by atoms with Crippen molar-refractivity contribution in [2.24, 2.45) is 0 Å². The largest absolute Gasteiger partial charge is 0.478 e. The third kappa shape index (κ3) is 5.56. The van der Waals surface area contributed by atoms with E-state index in [-0.39, 0.29) is 0 Å². The van der Waals surface area contributed by atoms with Gasteiger partial charge in [-0.2, -0.15) is 43.9 Å². The van der Waals surface area contributed by atoms with E-state index in [1.165, 1.54) is 0 Å². The van der Waals surface area contributed by atoms with E-state index in [0.717, 1.165) is 6.08 Å². The first kappa shape index (κ1) is 28.8. The van der Waals surface area contributed by atoms with Crippen LogP contribution in [0.3, 0.4) is 0 Å². The van der Waals surface area contributed by atoms with Crippen molar-refractivity contribution < 1.29 is 72.5 Å². The summed E-state index contributed by atoms with van der Waals surface area (Å²) in [6.45, 7) is 5.22. The van der Waals surface area contributed by atoms with Gasteiger partial charge in [0.15, 0.2) is 0 Å². The van der Waals surface area contributed by atoms with Gasteiger partial charge in [0.25, 0.3) is 0 Å². The molecular weight excluding hydrogens is 448 g/mol. The molecule has 0 saturated heterocycles. The van der Waals surface area contributed by atoms with Gasteiger partial charge in [-0.3, -0.25) is 0 Å². The van der Waals surface area contributed by atoms with Crippen LogP contribution in [0.25, 0.3) is 0 Å². The molecule has 0 radical (unpaired) electrons. The molecule has 0 aromatic carbocycles. The maximum Gasteiger partial charge on any atom is 0.384 e. The van der Waals surface area contributed by atoms with E-state index in [9.17, 15) is 62.3 Å². The molecule has 0 aliphatic carbocycles. The summed E-state index contributed by atoms with van der Waals surface area (Å²) in [4.78, 5) is 19.4. The third-order valence-electron chi connectivity index (χ3n) is 2.85. The third-order valence-corrected chi connectivity index (χ3v) is 2.85. The molecule has 0 heterocycles. The van der Waals surface area contributed by atoms with Gasteiger partial charge in [0, 0.05) is 18.1 Å². The van der Waals surface area contributed by atoms with Crippen LogP contribution in [0.15, 0.2) is 24.8 Å². The monoisotopic (exact) mass is 458 g/mol. The molecule has 4 nitrogen and oxygen atoms in total. The number of hydrogen-bond donors (Lipinski definition) is 2. The highest BCUT2D eigenvalue weighted by atomic mass is 19.4. The van der Waals surface area contributed by atoms with Crippen LogP contribution in [0.2, 0.25) is 0 Å². The number of aliphatic carboxylic acids is 2. The van der Waals surface area contributed by atoms with Crippen molar-refractivity contribution in [1.82, 2.24) is 0 Å². The predicted molar refractivity (Wildman–Crippen MR) is 70.0 cm³/mol. The Balaban J connectivity index is 0. The summed E-state index contributed by atoms with van der Waals surface area (Å²) in [6.07, 6.45) is -7.59. The molecule has 0 atom stereocenters. The molecule has 170 valence electrons. The lowest BCUT2D eigenvalue weighted by molar-refractivity contribution is -0.412. The van der Waals surface area contributed by atoms with Gasteiger partial charge in [0.2, 0.25) is 0 Å². The Labute approximate surface area is 153 Å². The number of carbonyl (C=O) groups is 2. The number of rotatable bonds is 9. The molecule has 2 N–H and O–H groups in total. The zero-order valence-electron chi connectivity index (χ0n) is 13.5. The lowest BCUT2D eigenvalue weighted by Crippen LogP contribution is -2.68. The van der Waals surface area contributed by atoms with Gasteiger partial charge >= 0.3 is 48.0 Å². The number of alkyl halides is 12. The van der Waals surface area contributed by atoms with Crippen LogP contribution in [0.5, 0.6) is 0 Å². The Hall–Kier alpha value is -2.42. The van der Waals surface area contributed by atoms with E-state index in [0.29, 0.717) is 0 Å². The minimum atomic E-state index is -7.66. The van der Waals surface area contributed by atoms with Gasteiger partial charge in [-0.05, 0) is 0 Å². The molecule has 29 heavy (non-hydrogen) atoms. The van der Waals surface area contributed by atoms with Crippen molar-refractivity contribution in [3.8, 4) is 0 Å². The highest BCUT2D eigenvalue weighted by Crippen LogP contribution is 2.58. The van der Waals surface area contributed by atoms with E-state index in [2.05, 4.69) is 13.2 Å². The molecule has 0 amide bonds. The Kier molecular flexibility index (Phi) is 8.87. The zero-order chi connectivity index (χ0) is 24.2. The smallest absolute Gasteiger partial charge is 0.384 e. The number of halogens is 12. The van der Waals surface area contributed by atoms with Crippen LogP contribution in [-0.2, 0) is 9.59 Å². The predicted octanol–water partition coefficient (Wildman–Crippen LogP) is 4.72. The van der Waals surface area contributed by atoms with Crippen molar-refractivity contribution in [1.29, 1.82) is 0 Å². The first-order valence-corrected chi connectivity index (χ1v) is 6.48. The van der Waals surface area contributed by atoms with E-state index in [1.807, 2.05) is 0 Å². The minimum absolute atomic E-state index is 0.833. The first-order valence-electron chi connectivity index (χ1n) is 6.48. The van der Waals surface area contributed by atoms with Crippen molar-refractivity contribution in [2.75, 3.05) is 0 Å². The van der Waals surface area contributed by atoms with Crippen molar-refractivity contribution in [3.05, 3.63) is 24.8 Å².